The predicted octanol–water partition coefficient (Wildman–Crippen LogP) is -9.36. The number of carboxylic acids is 4. The smallest absolute Gasteiger partial charge is 0.657 e. The number of hydrogen-bond donors (Lipinski definition) is 2. The number of aliphatic carboxylic acids is 4. The molecule has 0 spiro atoms. The van der Waals surface area contributed by atoms with Gasteiger partial charge in [0.2, 0.25) is 0 Å². The number of carbonyl (C=O) groups excluding carboxylic acids is 4. The minimum absolute atomic E-state index is 0. The van der Waals surface area contributed by atoms with Gasteiger partial charge in [0.15, 0.2) is 0 Å². The maximum Gasteiger partial charge on any atom is 3.00 e. The van der Waals surface area contributed by atoms with Crippen LogP contribution in [0, 0.1) is 13.8 Å². The van der Waals surface area contributed by atoms with Gasteiger partial charge in [0, 0.05) is 25.0 Å². The maximum absolute atomic E-state index is 11.4. The number of nitrogens with two attached hydrogens (primary N) is 2. The van der Waals surface area contributed by atoms with E-state index in [2.05, 4.69) is 45.2 Å². The van der Waals surface area contributed by atoms with Crippen LogP contribution in [0.1, 0.15) is 98.4 Å². The maximum atomic E-state index is 11.4. The number of carbonyl (C=O) groups is 4. The monoisotopic (exact) mass is 838 g/mol. The normalized spacial score (nSPS) is 11.3. The van der Waals surface area contributed by atoms with Crippen LogP contribution in [0.15, 0.2) is 24.3 Å². The van der Waals surface area contributed by atoms with E-state index < -0.39 is 23.9 Å². The average molecular weight is 839 g/mol. The van der Waals surface area contributed by atoms with Crippen LogP contribution in [0.4, 0.5) is 0 Å². The van der Waals surface area contributed by atoms with Crippen molar-refractivity contribution in [3.05, 3.63) is 69.3 Å². The minimum atomic E-state index is -1.22. The second-order valence-corrected chi connectivity index (χ2v) is 12.1. The molecule has 0 saturated heterocycles. The van der Waals surface area contributed by atoms with Gasteiger partial charge in [-0.05, 0) is 94.6 Å². The molecule has 0 aromatic carbocycles. The summed E-state index contributed by atoms with van der Waals surface area (Å²) in [6.45, 7) is 11.5. The second-order valence-electron chi connectivity index (χ2n) is 12.1. The van der Waals surface area contributed by atoms with Crippen molar-refractivity contribution in [1.29, 1.82) is 0 Å². The van der Waals surface area contributed by atoms with Crippen LogP contribution in [0.3, 0.4) is 0 Å². The minimum Gasteiger partial charge on any atom is -0.657 e. The van der Waals surface area contributed by atoms with Gasteiger partial charge in [0.25, 0.3) is 0 Å². The van der Waals surface area contributed by atoms with Crippen molar-refractivity contribution in [2.75, 3.05) is 13.1 Å². The van der Waals surface area contributed by atoms with E-state index in [1.165, 1.54) is 0 Å². The summed E-state index contributed by atoms with van der Waals surface area (Å²) in [5.74, 6) is -4.71. The Hall–Kier alpha value is -2.09. The number of allylic oxidation sites excluding steroid dienone is 4. The summed E-state index contributed by atoms with van der Waals surface area (Å²) < 4.78 is 0. The molecule has 2 aliphatic rings. The van der Waals surface area contributed by atoms with Gasteiger partial charge in [-0.25, -0.2) is 9.97 Å². The zero-order valence-electron chi connectivity index (χ0n) is 33.5. The Morgan fingerprint density at radius 1 is 0.554 bits per heavy atom. The van der Waals surface area contributed by atoms with Crippen molar-refractivity contribution in [3.8, 4) is 0 Å². The Bertz CT molecular complexity index is 2120. The van der Waals surface area contributed by atoms with E-state index in [9.17, 15) is 19.8 Å². The molecule has 0 radical (unpaired) electrons. The van der Waals surface area contributed by atoms with Gasteiger partial charge >= 0.3 is 105 Å². The standard InChI is InChI=1S/C34H38N4O4.2C2H5NO2.Co.3Na/c1-7-21-17(3)25-13-26-19(5)23(9-11-33(39)40)31(37-26)16-32-24(10-12-34(41)42)20(6)28(38-32)15-30-22(8-2)18(4)27(36-30)14-29(21)35-25;2*3-1-2(4)5;;;;/h13-16H,7-12H2,1-6H3,(H4,35,36,37,38,39,40,41,42);2*1,3H2,(H,4,5);;;;/q;;;+3;3*+1/p-6. The third-order valence-corrected chi connectivity index (χ3v) is 8.84. The predicted molar refractivity (Wildman–Crippen MR) is 189 cm³/mol. The Labute approximate surface area is 402 Å². The van der Waals surface area contributed by atoms with Gasteiger partial charge in [-0.1, -0.05) is 54.3 Å². The Morgan fingerprint density at radius 3 is 1.20 bits per heavy atom. The van der Waals surface area contributed by atoms with E-state index in [0.29, 0.717) is 22.1 Å². The molecular weight excluding hydrogens is 796 g/mol. The Kier molecular flexibility index (Phi) is 26.1. The van der Waals surface area contributed by atoms with Gasteiger partial charge in [-0.15, -0.1) is 22.1 Å². The molecule has 0 unspecified atom stereocenters. The van der Waals surface area contributed by atoms with Crippen molar-refractivity contribution in [2.24, 2.45) is 11.5 Å². The van der Waals surface area contributed by atoms with Crippen LogP contribution in [0.25, 0.3) is 44.4 Å². The third-order valence-electron chi connectivity index (χ3n) is 8.84. The molecule has 3 aromatic rings. The zero-order chi connectivity index (χ0) is 38.9. The van der Waals surface area contributed by atoms with Gasteiger partial charge in [-0.3, -0.25) is 0 Å². The topological polar surface area (TPSA) is 267 Å². The van der Waals surface area contributed by atoms with Crippen molar-refractivity contribution < 1.29 is 145 Å². The summed E-state index contributed by atoms with van der Waals surface area (Å²) in [6, 6.07) is 7.83. The van der Waals surface area contributed by atoms with E-state index >= 15 is 0 Å². The van der Waals surface area contributed by atoms with E-state index in [1.54, 1.807) is 0 Å². The first-order chi connectivity index (χ1) is 24.6. The average Bonchev–Trinajstić information content (AvgIpc) is 3.75. The van der Waals surface area contributed by atoms with E-state index in [-0.39, 0.29) is 144 Å². The molecule has 284 valence electrons. The number of aromatic nitrogens is 4. The van der Waals surface area contributed by atoms with Gasteiger partial charge in [0.05, 0.1) is 34.7 Å². The molecule has 18 heteroatoms. The molecule has 0 atom stereocenters. The number of nitrogens with zero attached hydrogens (tertiary/aromatic N) is 4. The van der Waals surface area contributed by atoms with E-state index in [0.717, 1.165) is 80.2 Å². The molecule has 2 aliphatic heterocycles. The summed E-state index contributed by atoms with van der Waals surface area (Å²) in [5.41, 5.74) is 22.8. The Morgan fingerprint density at radius 2 is 0.875 bits per heavy atom. The first kappa shape index (κ1) is 56.0. The van der Waals surface area contributed by atoms with Gasteiger partial charge < -0.3 is 61.0 Å². The molecule has 4 N–H and O–H groups in total. The van der Waals surface area contributed by atoms with Crippen molar-refractivity contribution in [3.63, 3.8) is 0 Å². The van der Waals surface area contributed by atoms with Crippen LogP contribution in [0.5, 0.6) is 0 Å². The molecule has 5 rings (SSSR count). The molecule has 56 heavy (non-hydrogen) atoms. The number of rotatable bonds is 10. The summed E-state index contributed by atoms with van der Waals surface area (Å²) in [6.07, 6.45) is 1.82. The number of carboxylic acid groups (broad SMARTS) is 4. The summed E-state index contributed by atoms with van der Waals surface area (Å²) in [4.78, 5) is 61.0. The number of fused-ring (bicyclic) bond motifs is 8. The van der Waals surface area contributed by atoms with Crippen LogP contribution in [-0.4, -0.2) is 46.9 Å². The van der Waals surface area contributed by atoms with Gasteiger partial charge in [-0.2, -0.15) is 0 Å². The molecule has 0 amide bonds. The van der Waals surface area contributed by atoms with Crippen molar-refractivity contribution in [1.82, 2.24) is 19.9 Å². The molecule has 0 fully saturated rings. The molecule has 8 bridgehead atoms. The SMILES string of the molecule is CCC1=C(C)c2cc3[n-]c(cc4[n-]c(cc5nc(cc1n2)C(C)=C5CC)c(C)c4CCC(=O)[O-])c(CCC(=O)[O-])c3C.NCC(=O)[O-].NCC(=O)[O-].[Co+3].[Na+].[Na+].[Na+]. The van der Waals surface area contributed by atoms with Crippen molar-refractivity contribution in [2.45, 2.75) is 80.1 Å². The summed E-state index contributed by atoms with van der Waals surface area (Å²) in [7, 11) is 0. The van der Waals surface area contributed by atoms with Gasteiger partial charge in [0.1, 0.15) is 0 Å². The largest absolute Gasteiger partial charge is 3.00 e. The Balaban J connectivity index is 0. The molecule has 14 nitrogen and oxygen atoms in total. The van der Waals surface area contributed by atoms with Crippen molar-refractivity contribution >= 4 is 68.2 Å². The number of aryl methyl sites for hydroxylation is 4. The first-order valence-corrected chi connectivity index (χ1v) is 16.8. The quantitative estimate of drug-likeness (QED) is 0.180. The van der Waals surface area contributed by atoms with E-state index in [4.69, 9.17) is 39.7 Å². The third kappa shape index (κ3) is 14.6. The molecule has 3 aromatic heterocycles. The fourth-order valence-corrected chi connectivity index (χ4v) is 6.05. The summed E-state index contributed by atoms with van der Waals surface area (Å²) in [5, 5.41) is 41.1. The van der Waals surface area contributed by atoms with Crippen LogP contribution >= 0.6 is 0 Å². The fraction of sp³-hybridized carbons (Fsp3) is 0.368. The van der Waals surface area contributed by atoms with Crippen LogP contribution in [0.2, 0.25) is 0 Å². The van der Waals surface area contributed by atoms with Crippen LogP contribution < -0.4 is 131 Å². The molecular formula is C38H42CoN6Na3O8. The zero-order valence-corrected chi connectivity index (χ0v) is 40.6. The first-order valence-electron chi connectivity index (χ1n) is 16.8. The second kappa shape index (κ2) is 26.1. The molecule has 0 aliphatic carbocycles. The fourth-order valence-electron chi connectivity index (χ4n) is 6.05. The number of hydrogen-bond acceptors (Lipinski definition) is 12. The van der Waals surface area contributed by atoms with E-state index in [1.807, 2.05) is 32.0 Å². The van der Waals surface area contributed by atoms with Crippen LogP contribution in [-0.2, 0) is 48.8 Å². The summed E-state index contributed by atoms with van der Waals surface area (Å²) >= 11 is 0. The molecule has 0 saturated carbocycles. The molecule has 5 heterocycles.